The maximum atomic E-state index is 12.2. The van der Waals surface area contributed by atoms with Crippen LogP contribution in [0.25, 0.3) is 5.57 Å². The molecular formula is C20H21N5O. The Morgan fingerprint density at radius 3 is 2.35 bits per heavy atom. The van der Waals surface area contributed by atoms with Gasteiger partial charge in [0.05, 0.1) is 5.69 Å². The number of urea groups is 1. The van der Waals surface area contributed by atoms with Crippen molar-refractivity contribution in [3.8, 4) is 0 Å². The molecule has 0 aliphatic carbocycles. The number of nitrogens with zero attached hydrogens (tertiary/aromatic N) is 3. The van der Waals surface area contributed by atoms with Crippen LogP contribution in [0, 0.1) is 0 Å². The van der Waals surface area contributed by atoms with Crippen LogP contribution in [0.15, 0.2) is 61.4 Å². The molecular weight excluding hydrogens is 326 g/mol. The van der Waals surface area contributed by atoms with Crippen LogP contribution < -0.4 is 10.6 Å². The molecule has 0 saturated carbocycles. The predicted octanol–water partition coefficient (Wildman–Crippen LogP) is 4.08. The summed E-state index contributed by atoms with van der Waals surface area (Å²) in [5.74, 6) is 0.606. The molecule has 0 unspecified atom stereocenters. The van der Waals surface area contributed by atoms with Crippen LogP contribution in [0.3, 0.4) is 0 Å². The lowest BCUT2D eigenvalue weighted by molar-refractivity contribution is 0.262. The lowest BCUT2D eigenvalue weighted by atomic mass is 10.1. The summed E-state index contributed by atoms with van der Waals surface area (Å²) in [7, 11) is 1.77. The number of amides is 2. The van der Waals surface area contributed by atoms with Crippen LogP contribution in [-0.4, -0.2) is 20.8 Å². The molecule has 0 bridgehead atoms. The predicted molar refractivity (Wildman–Crippen MR) is 104 cm³/mol. The summed E-state index contributed by atoms with van der Waals surface area (Å²) in [5.41, 5.74) is 4.69. The Morgan fingerprint density at radius 1 is 1.08 bits per heavy atom. The highest BCUT2D eigenvalue weighted by Crippen LogP contribution is 2.17. The van der Waals surface area contributed by atoms with Gasteiger partial charge in [-0.25, -0.2) is 4.79 Å². The summed E-state index contributed by atoms with van der Waals surface area (Å²) in [6.07, 6.45) is 4.40. The van der Waals surface area contributed by atoms with E-state index in [1.807, 2.05) is 43.3 Å². The molecule has 3 aromatic rings. The summed E-state index contributed by atoms with van der Waals surface area (Å²) >= 11 is 0. The summed E-state index contributed by atoms with van der Waals surface area (Å²) in [6, 6.07) is 13.2. The third-order valence-corrected chi connectivity index (χ3v) is 3.93. The number of aryl methyl sites for hydroxylation is 1. The molecule has 0 fully saturated rings. The van der Waals surface area contributed by atoms with Crippen molar-refractivity contribution in [2.24, 2.45) is 7.05 Å². The molecule has 2 N–H and O–H groups in total. The van der Waals surface area contributed by atoms with E-state index in [9.17, 15) is 4.79 Å². The van der Waals surface area contributed by atoms with Crippen molar-refractivity contribution in [3.05, 3.63) is 78.3 Å². The van der Waals surface area contributed by atoms with E-state index in [1.54, 1.807) is 30.2 Å². The lowest BCUT2D eigenvalue weighted by Crippen LogP contribution is -2.21. The highest BCUT2D eigenvalue weighted by molar-refractivity contribution is 5.99. The number of nitrogens with one attached hydrogen (secondary N) is 2. The number of benzene rings is 1. The van der Waals surface area contributed by atoms with Gasteiger partial charge in [0.25, 0.3) is 0 Å². The average molecular weight is 347 g/mol. The van der Waals surface area contributed by atoms with Crippen LogP contribution >= 0.6 is 0 Å². The highest BCUT2D eigenvalue weighted by atomic mass is 16.2. The summed E-state index contributed by atoms with van der Waals surface area (Å²) in [4.78, 5) is 16.2. The molecule has 6 heteroatoms. The number of rotatable bonds is 5. The molecule has 132 valence electrons. The first-order chi connectivity index (χ1) is 12.5. The number of pyridine rings is 1. The van der Waals surface area contributed by atoms with Gasteiger partial charge < -0.3 is 5.32 Å². The van der Waals surface area contributed by atoms with E-state index in [0.717, 1.165) is 23.4 Å². The maximum absolute atomic E-state index is 12.2. The number of allylic oxidation sites excluding steroid dienone is 1. The lowest BCUT2D eigenvalue weighted by Gasteiger charge is -2.08. The number of hydrogen-bond donors (Lipinski definition) is 2. The minimum atomic E-state index is -0.317. The zero-order valence-electron chi connectivity index (χ0n) is 14.9. The minimum absolute atomic E-state index is 0.317. The number of hydrogen-bond acceptors (Lipinski definition) is 3. The second-order valence-electron chi connectivity index (χ2n) is 6.13. The van der Waals surface area contributed by atoms with Gasteiger partial charge in [-0.05, 0) is 54.3 Å². The molecule has 6 nitrogen and oxygen atoms in total. The van der Waals surface area contributed by atoms with Crippen LogP contribution in [0.4, 0.5) is 16.3 Å². The van der Waals surface area contributed by atoms with Crippen LogP contribution in [0.2, 0.25) is 0 Å². The second-order valence-corrected chi connectivity index (χ2v) is 6.13. The van der Waals surface area contributed by atoms with Crippen LogP contribution in [-0.2, 0) is 13.5 Å². The number of anilines is 2. The number of aromatic nitrogens is 3. The summed E-state index contributed by atoms with van der Waals surface area (Å²) < 4.78 is 1.61. The minimum Gasteiger partial charge on any atom is -0.308 e. The van der Waals surface area contributed by atoms with Crippen molar-refractivity contribution in [2.75, 3.05) is 10.6 Å². The SMILES string of the molecule is C=C(C)c1cc(NC(=O)Nc2ccc(Cc3ccncc3)cc2)n(C)n1. The zero-order valence-corrected chi connectivity index (χ0v) is 14.9. The van der Waals surface area contributed by atoms with Crippen molar-refractivity contribution in [2.45, 2.75) is 13.3 Å². The topological polar surface area (TPSA) is 71.8 Å². The normalized spacial score (nSPS) is 10.4. The molecule has 3 rings (SSSR count). The van der Waals surface area contributed by atoms with Gasteiger partial charge in [0.15, 0.2) is 0 Å². The highest BCUT2D eigenvalue weighted by Gasteiger charge is 2.09. The Bertz CT molecular complexity index is 913. The average Bonchev–Trinajstić information content (AvgIpc) is 2.98. The first-order valence-electron chi connectivity index (χ1n) is 8.27. The third kappa shape index (κ3) is 4.36. The quantitative estimate of drug-likeness (QED) is 0.730. The van der Waals surface area contributed by atoms with E-state index in [4.69, 9.17) is 0 Å². The molecule has 2 amide bonds. The Balaban J connectivity index is 1.60. The maximum Gasteiger partial charge on any atom is 0.324 e. The van der Waals surface area contributed by atoms with E-state index < -0.39 is 0 Å². The molecule has 2 heterocycles. The van der Waals surface area contributed by atoms with E-state index in [1.165, 1.54) is 11.1 Å². The van der Waals surface area contributed by atoms with E-state index in [2.05, 4.69) is 27.3 Å². The second kappa shape index (κ2) is 7.65. The third-order valence-electron chi connectivity index (χ3n) is 3.93. The smallest absolute Gasteiger partial charge is 0.308 e. The van der Waals surface area contributed by atoms with Gasteiger partial charge in [-0.1, -0.05) is 18.7 Å². The zero-order chi connectivity index (χ0) is 18.5. The molecule has 0 radical (unpaired) electrons. The van der Waals surface area contributed by atoms with E-state index in [0.29, 0.717) is 5.82 Å². The largest absolute Gasteiger partial charge is 0.324 e. The summed E-state index contributed by atoms with van der Waals surface area (Å²) in [5, 5.41) is 9.91. The Labute approximate surface area is 152 Å². The van der Waals surface area contributed by atoms with Crippen molar-refractivity contribution >= 4 is 23.1 Å². The molecule has 2 aromatic heterocycles. The molecule has 0 saturated heterocycles. The Morgan fingerprint density at radius 2 is 1.73 bits per heavy atom. The molecule has 0 aliphatic rings. The van der Waals surface area contributed by atoms with E-state index >= 15 is 0 Å². The van der Waals surface area contributed by atoms with E-state index in [-0.39, 0.29) is 6.03 Å². The molecule has 1 aromatic carbocycles. The van der Waals surface area contributed by atoms with Gasteiger partial charge in [0, 0.05) is 31.2 Å². The molecule has 0 atom stereocenters. The van der Waals surface area contributed by atoms with Crippen LogP contribution in [0.5, 0.6) is 0 Å². The summed E-state index contributed by atoms with van der Waals surface area (Å²) in [6.45, 7) is 5.73. The monoisotopic (exact) mass is 347 g/mol. The van der Waals surface area contributed by atoms with Gasteiger partial charge in [0.1, 0.15) is 5.82 Å². The number of carbonyl (C=O) groups excluding carboxylic acids is 1. The van der Waals surface area contributed by atoms with Crippen LogP contribution in [0.1, 0.15) is 23.7 Å². The van der Waals surface area contributed by atoms with Crippen molar-refractivity contribution in [3.63, 3.8) is 0 Å². The fourth-order valence-electron chi connectivity index (χ4n) is 2.51. The van der Waals surface area contributed by atoms with Gasteiger partial charge in [-0.15, -0.1) is 0 Å². The van der Waals surface area contributed by atoms with Crippen molar-refractivity contribution < 1.29 is 4.79 Å². The molecule has 26 heavy (non-hydrogen) atoms. The number of carbonyl (C=O) groups is 1. The van der Waals surface area contributed by atoms with Gasteiger partial charge >= 0.3 is 6.03 Å². The first kappa shape index (κ1) is 17.4. The fourth-order valence-corrected chi connectivity index (χ4v) is 2.51. The van der Waals surface area contributed by atoms with Gasteiger partial charge in [0.2, 0.25) is 0 Å². The van der Waals surface area contributed by atoms with Crippen molar-refractivity contribution in [1.82, 2.24) is 14.8 Å². The Hall–Kier alpha value is -3.41. The Kier molecular flexibility index (Phi) is 5.12. The fraction of sp³-hybridized carbons (Fsp3) is 0.150. The van der Waals surface area contributed by atoms with Gasteiger partial charge in [-0.2, -0.15) is 5.10 Å². The first-order valence-corrected chi connectivity index (χ1v) is 8.27. The van der Waals surface area contributed by atoms with Gasteiger partial charge in [-0.3, -0.25) is 15.0 Å². The molecule has 0 aliphatic heterocycles. The standard InChI is InChI=1S/C20H21N5O/c1-14(2)18-13-19(25(3)24-18)23-20(26)22-17-6-4-15(5-7-17)12-16-8-10-21-11-9-16/h4-11,13H,1,12H2,2-3H3,(H2,22,23,26). The molecule has 0 spiro atoms. The van der Waals surface area contributed by atoms with Crippen molar-refractivity contribution in [1.29, 1.82) is 0 Å².